The zero-order valence-corrected chi connectivity index (χ0v) is 13.8. The maximum absolute atomic E-state index is 11.7. The van der Waals surface area contributed by atoms with Crippen LogP contribution in [0.15, 0.2) is 0 Å². The van der Waals surface area contributed by atoms with Gasteiger partial charge >= 0.3 is 5.97 Å². The van der Waals surface area contributed by atoms with Crippen molar-refractivity contribution in [3.8, 4) is 0 Å². The number of sulfone groups is 1. The first kappa shape index (κ1) is 16.7. The summed E-state index contributed by atoms with van der Waals surface area (Å²) in [5, 5.41) is 12.8. The summed E-state index contributed by atoms with van der Waals surface area (Å²) >= 11 is 0. The first-order valence-corrected chi connectivity index (χ1v) is 9.41. The van der Waals surface area contributed by atoms with Gasteiger partial charge in [0.2, 0.25) is 0 Å². The fourth-order valence-electron chi connectivity index (χ4n) is 3.70. The summed E-state index contributed by atoms with van der Waals surface area (Å²) in [5.41, 5.74) is -0.870. The third-order valence-electron chi connectivity index (χ3n) is 4.82. The summed E-state index contributed by atoms with van der Waals surface area (Å²) in [6.07, 6.45) is 2.58. The molecule has 1 aliphatic heterocycles. The summed E-state index contributed by atoms with van der Waals surface area (Å²) < 4.78 is 23.2. The number of aliphatic carboxylic acids is 1. The van der Waals surface area contributed by atoms with Gasteiger partial charge in [-0.05, 0) is 46.6 Å². The van der Waals surface area contributed by atoms with Gasteiger partial charge in [-0.2, -0.15) is 0 Å². The van der Waals surface area contributed by atoms with E-state index in [1.165, 1.54) is 0 Å². The van der Waals surface area contributed by atoms with E-state index in [9.17, 15) is 18.3 Å². The van der Waals surface area contributed by atoms with Crippen LogP contribution < -0.4 is 5.32 Å². The molecule has 0 aromatic heterocycles. The molecule has 2 aliphatic rings. The monoisotopic (exact) mass is 318 g/mol. The fourth-order valence-corrected chi connectivity index (χ4v) is 5.49. The highest BCUT2D eigenvalue weighted by Gasteiger charge is 2.48. The average Bonchev–Trinajstić information content (AvgIpc) is 2.92. The summed E-state index contributed by atoms with van der Waals surface area (Å²) in [6, 6.07) is 0.270. The van der Waals surface area contributed by atoms with Gasteiger partial charge in [0.15, 0.2) is 9.84 Å². The van der Waals surface area contributed by atoms with Crippen LogP contribution in [0.25, 0.3) is 0 Å². The van der Waals surface area contributed by atoms with Gasteiger partial charge in [0.25, 0.3) is 0 Å². The lowest BCUT2D eigenvalue weighted by Gasteiger charge is -2.32. The lowest BCUT2D eigenvalue weighted by Crippen LogP contribution is -2.54. The van der Waals surface area contributed by atoms with Crippen molar-refractivity contribution >= 4 is 15.8 Å². The maximum atomic E-state index is 11.7. The van der Waals surface area contributed by atoms with E-state index in [1.54, 1.807) is 0 Å². The van der Waals surface area contributed by atoms with Crippen molar-refractivity contribution in [2.45, 2.75) is 63.2 Å². The minimum Gasteiger partial charge on any atom is -0.480 e. The number of carbonyl (C=O) groups is 1. The van der Waals surface area contributed by atoms with E-state index in [0.717, 1.165) is 6.42 Å². The largest absolute Gasteiger partial charge is 0.480 e. The molecule has 1 aliphatic carbocycles. The third kappa shape index (κ3) is 3.57. The minimum absolute atomic E-state index is 0.0312. The van der Waals surface area contributed by atoms with Crippen LogP contribution in [-0.2, 0) is 14.6 Å². The normalized spacial score (nSPS) is 35.7. The Morgan fingerprint density at radius 3 is 2.48 bits per heavy atom. The first-order chi connectivity index (χ1) is 9.65. The van der Waals surface area contributed by atoms with Crippen molar-refractivity contribution in [2.24, 2.45) is 0 Å². The third-order valence-corrected chi connectivity index (χ3v) is 6.57. The Morgan fingerprint density at radius 1 is 1.33 bits per heavy atom. The van der Waals surface area contributed by atoms with Gasteiger partial charge in [0.1, 0.15) is 5.54 Å². The number of hydrogen-bond acceptors (Lipinski definition) is 5. The van der Waals surface area contributed by atoms with Crippen molar-refractivity contribution in [2.75, 3.05) is 18.6 Å². The molecule has 1 saturated heterocycles. The van der Waals surface area contributed by atoms with Crippen LogP contribution in [0, 0.1) is 0 Å². The van der Waals surface area contributed by atoms with E-state index in [2.05, 4.69) is 10.2 Å². The molecule has 21 heavy (non-hydrogen) atoms. The first-order valence-electron chi connectivity index (χ1n) is 7.59. The Morgan fingerprint density at radius 2 is 2.00 bits per heavy atom. The summed E-state index contributed by atoms with van der Waals surface area (Å²) in [6.45, 7) is 3.90. The fraction of sp³-hybridized carbons (Fsp3) is 0.929. The molecule has 0 bridgehead atoms. The molecular weight excluding hydrogens is 292 g/mol. The van der Waals surface area contributed by atoms with Gasteiger partial charge in [0, 0.05) is 18.1 Å². The van der Waals surface area contributed by atoms with Gasteiger partial charge < -0.3 is 5.11 Å². The van der Waals surface area contributed by atoms with Crippen LogP contribution in [0.2, 0.25) is 0 Å². The van der Waals surface area contributed by atoms with Crippen LogP contribution >= 0.6 is 0 Å². The zero-order valence-electron chi connectivity index (χ0n) is 13.0. The lowest BCUT2D eigenvalue weighted by molar-refractivity contribution is -0.145. The van der Waals surface area contributed by atoms with Gasteiger partial charge in [-0.15, -0.1) is 0 Å². The van der Waals surface area contributed by atoms with Crippen LogP contribution in [-0.4, -0.2) is 66.6 Å². The molecule has 0 aromatic rings. The molecular formula is C14H26N2O4S. The number of carboxylic acids is 1. The van der Waals surface area contributed by atoms with Crippen molar-refractivity contribution < 1.29 is 18.3 Å². The predicted molar refractivity (Wildman–Crippen MR) is 81.1 cm³/mol. The Labute approximate surface area is 126 Å². The van der Waals surface area contributed by atoms with Crippen LogP contribution in [0.4, 0.5) is 0 Å². The standard InChI is InChI=1S/C14H26N2O4S/c1-10(2)15-14(13(17)18)6-4-11(8-14)16(3)12-5-7-21(19,20)9-12/h10-12,15H,4-9H2,1-3H3,(H,17,18). The SMILES string of the molecule is CC(C)NC1(C(=O)O)CCC(N(C)C2CCS(=O)(=O)C2)C1. The van der Waals surface area contributed by atoms with Gasteiger partial charge in [-0.25, -0.2) is 8.42 Å². The van der Waals surface area contributed by atoms with Crippen molar-refractivity contribution in [1.82, 2.24) is 10.2 Å². The molecule has 0 aromatic carbocycles. The molecule has 2 fully saturated rings. The highest BCUT2D eigenvalue weighted by Crippen LogP contribution is 2.35. The zero-order chi connectivity index (χ0) is 15.8. The number of rotatable bonds is 5. The van der Waals surface area contributed by atoms with Gasteiger partial charge in [-0.3, -0.25) is 15.0 Å². The minimum atomic E-state index is -2.91. The van der Waals surface area contributed by atoms with Crippen molar-refractivity contribution in [1.29, 1.82) is 0 Å². The highest BCUT2D eigenvalue weighted by atomic mass is 32.2. The quantitative estimate of drug-likeness (QED) is 0.767. The Hall–Kier alpha value is -0.660. The molecule has 6 nitrogen and oxygen atoms in total. The van der Waals surface area contributed by atoms with E-state index < -0.39 is 21.3 Å². The summed E-state index contributed by atoms with van der Waals surface area (Å²) in [7, 11) is -0.974. The van der Waals surface area contributed by atoms with Crippen LogP contribution in [0.1, 0.15) is 39.5 Å². The second-order valence-corrected chi connectivity index (χ2v) is 9.03. The number of nitrogens with one attached hydrogen (secondary N) is 1. The molecule has 0 spiro atoms. The van der Waals surface area contributed by atoms with E-state index >= 15 is 0 Å². The molecule has 1 saturated carbocycles. The second-order valence-electron chi connectivity index (χ2n) is 6.81. The predicted octanol–water partition coefficient (Wildman–Crippen LogP) is 0.479. The van der Waals surface area contributed by atoms with E-state index in [4.69, 9.17) is 0 Å². The highest BCUT2D eigenvalue weighted by molar-refractivity contribution is 7.91. The topological polar surface area (TPSA) is 86.7 Å². The molecule has 2 rings (SSSR count). The molecule has 7 heteroatoms. The molecule has 122 valence electrons. The maximum Gasteiger partial charge on any atom is 0.323 e. The smallest absolute Gasteiger partial charge is 0.323 e. The molecule has 0 radical (unpaired) electrons. The lowest BCUT2D eigenvalue weighted by atomic mass is 9.96. The molecule has 3 unspecified atom stereocenters. The van der Waals surface area contributed by atoms with Crippen LogP contribution in [0.5, 0.6) is 0 Å². The Kier molecular flexibility index (Phi) is 4.66. The molecule has 2 N–H and O–H groups in total. The van der Waals surface area contributed by atoms with Crippen molar-refractivity contribution in [3.05, 3.63) is 0 Å². The molecule has 1 heterocycles. The van der Waals surface area contributed by atoms with Crippen molar-refractivity contribution in [3.63, 3.8) is 0 Å². The average molecular weight is 318 g/mol. The van der Waals surface area contributed by atoms with Gasteiger partial charge in [-0.1, -0.05) is 0 Å². The van der Waals surface area contributed by atoms with E-state index in [1.807, 2.05) is 20.9 Å². The Balaban J connectivity index is 2.05. The second kappa shape index (κ2) is 5.85. The summed E-state index contributed by atoms with van der Waals surface area (Å²) in [4.78, 5) is 13.8. The summed E-state index contributed by atoms with van der Waals surface area (Å²) in [5.74, 6) is -0.341. The number of carboxylic acid groups (broad SMARTS) is 1. The van der Waals surface area contributed by atoms with E-state index in [-0.39, 0.29) is 29.6 Å². The number of nitrogens with zero attached hydrogens (tertiary/aromatic N) is 1. The molecule has 3 atom stereocenters. The number of hydrogen-bond donors (Lipinski definition) is 2. The van der Waals surface area contributed by atoms with Crippen LogP contribution in [0.3, 0.4) is 0 Å². The van der Waals surface area contributed by atoms with E-state index in [0.29, 0.717) is 19.3 Å². The van der Waals surface area contributed by atoms with Gasteiger partial charge in [0.05, 0.1) is 11.5 Å². The Bertz CT molecular complexity index is 505. The molecule has 0 amide bonds.